The molecule has 1 aliphatic rings. The highest BCUT2D eigenvalue weighted by molar-refractivity contribution is 5.89. The molecule has 5 heteroatoms. The summed E-state index contributed by atoms with van der Waals surface area (Å²) in [5, 5.41) is 20.7. The van der Waals surface area contributed by atoms with Crippen LogP contribution in [0.25, 0.3) is 11.1 Å². The monoisotopic (exact) mass is 362 g/mol. The summed E-state index contributed by atoms with van der Waals surface area (Å²) in [7, 11) is 0. The average molecular weight is 362 g/mol. The molecule has 0 heterocycles. The van der Waals surface area contributed by atoms with Crippen molar-refractivity contribution < 1.29 is 14.7 Å². The maximum absolute atomic E-state index is 12.6. The Morgan fingerprint density at radius 3 is 2.67 bits per heavy atom. The molecule has 3 rings (SSSR count). The van der Waals surface area contributed by atoms with Crippen molar-refractivity contribution in [3.63, 3.8) is 0 Å². The third-order valence-electron chi connectivity index (χ3n) is 5.23. The fourth-order valence-corrected chi connectivity index (χ4v) is 3.98. The Morgan fingerprint density at radius 2 is 1.89 bits per heavy atom. The predicted molar refractivity (Wildman–Crippen MR) is 102 cm³/mol. The van der Waals surface area contributed by atoms with Crippen LogP contribution in [0.2, 0.25) is 0 Å². The second-order valence-electron chi connectivity index (χ2n) is 6.85. The Balaban J connectivity index is 1.99. The van der Waals surface area contributed by atoms with E-state index >= 15 is 0 Å². The zero-order valence-corrected chi connectivity index (χ0v) is 15.0. The van der Waals surface area contributed by atoms with Crippen molar-refractivity contribution in [1.82, 2.24) is 5.32 Å². The summed E-state index contributed by atoms with van der Waals surface area (Å²) in [6.45, 7) is 0.0182. The minimum atomic E-state index is -0.958. The van der Waals surface area contributed by atoms with E-state index in [2.05, 4.69) is 5.32 Å². The third-order valence-corrected chi connectivity index (χ3v) is 5.23. The van der Waals surface area contributed by atoms with Crippen LogP contribution in [0.4, 0.5) is 0 Å². The Bertz CT molecular complexity index is 885. The largest absolute Gasteiger partial charge is 0.478 e. The molecule has 2 atom stereocenters. The highest BCUT2D eigenvalue weighted by atomic mass is 16.4. The van der Waals surface area contributed by atoms with Gasteiger partial charge in [0, 0.05) is 5.92 Å². The molecular weight excluding hydrogens is 340 g/mol. The lowest BCUT2D eigenvalue weighted by Gasteiger charge is -2.32. The number of amides is 1. The smallest absolute Gasteiger partial charge is 0.335 e. The number of carbonyl (C=O) groups is 2. The molecule has 27 heavy (non-hydrogen) atoms. The summed E-state index contributed by atoms with van der Waals surface area (Å²) in [5.41, 5.74) is 3.11. The van der Waals surface area contributed by atoms with Gasteiger partial charge >= 0.3 is 5.97 Å². The van der Waals surface area contributed by atoms with Crippen molar-refractivity contribution in [2.45, 2.75) is 31.6 Å². The van der Waals surface area contributed by atoms with E-state index in [9.17, 15) is 14.7 Å². The summed E-state index contributed by atoms with van der Waals surface area (Å²) in [6.07, 6.45) is 3.75. The van der Waals surface area contributed by atoms with E-state index in [1.54, 1.807) is 18.2 Å². The second kappa shape index (κ2) is 8.50. The van der Waals surface area contributed by atoms with Gasteiger partial charge in [-0.2, -0.15) is 5.26 Å². The molecule has 2 unspecified atom stereocenters. The first-order chi connectivity index (χ1) is 13.1. The van der Waals surface area contributed by atoms with E-state index in [0.717, 1.165) is 42.4 Å². The van der Waals surface area contributed by atoms with Crippen LogP contribution in [-0.4, -0.2) is 23.5 Å². The number of nitrogens with one attached hydrogen (secondary N) is 1. The quantitative estimate of drug-likeness (QED) is 0.788. The number of hydrogen-bond acceptors (Lipinski definition) is 3. The van der Waals surface area contributed by atoms with Gasteiger partial charge < -0.3 is 10.4 Å². The van der Waals surface area contributed by atoms with Gasteiger partial charge in [0.15, 0.2) is 0 Å². The maximum atomic E-state index is 12.6. The SMILES string of the molecule is N#CCNC(=O)C1CCCCC1c1ccccc1-c1cccc(C(=O)O)c1. The number of rotatable bonds is 5. The molecule has 0 aliphatic heterocycles. The number of nitriles is 1. The molecule has 5 nitrogen and oxygen atoms in total. The van der Waals surface area contributed by atoms with Crippen molar-refractivity contribution in [2.75, 3.05) is 6.54 Å². The zero-order valence-electron chi connectivity index (χ0n) is 15.0. The lowest BCUT2D eigenvalue weighted by molar-refractivity contribution is -0.126. The van der Waals surface area contributed by atoms with Gasteiger partial charge in [-0.05, 0) is 47.6 Å². The molecule has 2 N–H and O–H groups in total. The number of benzene rings is 2. The van der Waals surface area contributed by atoms with E-state index in [1.807, 2.05) is 36.4 Å². The lowest BCUT2D eigenvalue weighted by atomic mass is 9.73. The van der Waals surface area contributed by atoms with E-state index in [4.69, 9.17) is 5.26 Å². The van der Waals surface area contributed by atoms with Crippen molar-refractivity contribution in [1.29, 1.82) is 5.26 Å². The Kier molecular flexibility index (Phi) is 5.87. The van der Waals surface area contributed by atoms with Crippen LogP contribution in [0.15, 0.2) is 48.5 Å². The molecule has 0 spiro atoms. The molecule has 0 radical (unpaired) electrons. The number of hydrogen-bond donors (Lipinski definition) is 2. The highest BCUT2D eigenvalue weighted by Gasteiger charge is 2.33. The number of nitrogens with zero attached hydrogens (tertiary/aromatic N) is 1. The van der Waals surface area contributed by atoms with Crippen LogP contribution in [0.1, 0.15) is 47.5 Å². The maximum Gasteiger partial charge on any atom is 0.335 e. The molecular formula is C22H22N2O3. The van der Waals surface area contributed by atoms with E-state index in [-0.39, 0.29) is 29.9 Å². The van der Waals surface area contributed by atoms with Gasteiger partial charge in [0.1, 0.15) is 6.54 Å². The van der Waals surface area contributed by atoms with Gasteiger partial charge in [-0.15, -0.1) is 0 Å². The van der Waals surface area contributed by atoms with Gasteiger partial charge in [0.05, 0.1) is 11.6 Å². The standard InChI is InChI=1S/C22H22N2O3/c23-12-13-24-21(25)20-11-4-3-10-19(20)18-9-2-1-8-17(18)15-6-5-7-16(14-15)22(26)27/h1-2,5-9,14,19-20H,3-4,10-11,13H2,(H,24,25)(H,26,27). The van der Waals surface area contributed by atoms with Gasteiger partial charge in [-0.1, -0.05) is 49.2 Å². The first-order valence-corrected chi connectivity index (χ1v) is 9.19. The molecule has 138 valence electrons. The van der Waals surface area contributed by atoms with Crippen molar-refractivity contribution >= 4 is 11.9 Å². The average Bonchev–Trinajstić information content (AvgIpc) is 2.72. The van der Waals surface area contributed by atoms with Gasteiger partial charge in [-0.25, -0.2) is 4.79 Å². The van der Waals surface area contributed by atoms with Gasteiger partial charge in [0.25, 0.3) is 0 Å². The summed E-state index contributed by atoms with van der Waals surface area (Å²) in [4.78, 5) is 23.9. The molecule has 0 aromatic heterocycles. The summed E-state index contributed by atoms with van der Waals surface area (Å²) >= 11 is 0. The predicted octanol–water partition coefficient (Wildman–Crippen LogP) is 3.97. The normalized spacial score (nSPS) is 19.1. The highest BCUT2D eigenvalue weighted by Crippen LogP contribution is 2.42. The Hall–Kier alpha value is -3.13. The van der Waals surface area contributed by atoms with E-state index < -0.39 is 5.97 Å². The van der Waals surface area contributed by atoms with E-state index in [0.29, 0.717) is 0 Å². The number of aromatic carboxylic acids is 1. The minimum absolute atomic E-state index is 0.0182. The first kappa shape index (κ1) is 18.7. The summed E-state index contributed by atoms with van der Waals surface area (Å²) in [5.74, 6) is -1.14. The molecule has 1 amide bonds. The van der Waals surface area contributed by atoms with Crippen LogP contribution >= 0.6 is 0 Å². The number of carboxylic acid groups (broad SMARTS) is 1. The minimum Gasteiger partial charge on any atom is -0.478 e. The van der Waals surface area contributed by atoms with Crippen LogP contribution in [0, 0.1) is 17.2 Å². The lowest BCUT2D eigenvalue weighted by Crippen LogP contribution is -2.36. The van der Waals surface area contributed by atoms with Crippen LogP contribution in [0.3, 0.4) is 0 Å². The first-order valence-electron chi connectivity index (χ1n) is 9.19. The summed E-state index contributed by atoms with van der Waals surface area (Å²) in [6, 6.07) is 16.8. The molecule has 2 aromatic rings. The van der Waals surface area contributed by atoms with Gasteiger partial charge in [0.2, 0.25) is 5.91 Å². The van der Waals surface area contributed by atoms with Gasteiger partial charge in [-0.3, -0.25) is 4.79 Å². The van der Waals surface area contributed by atoms with Crippen LogP contribution < -0.4 is 5.32 Å². The molecule has 1 saturated carbocycles. The third kappa shape index (κ3) is 4.17. The number of carbonyl (C=O) groups excluding carboxylic acids is 1. The Labute approximate surface area is 158 Å². The Morgan fingerprint density at radius 1 is 1.11 bits per heavy atom. The molecule has 0 saturated heterocycles. The van der Waals surface area contributed by atoms with Crippen molar-refractivity contribution in [3.05, 3.63) is 59.7 Å². The number of carboxylic acids is 1. The molecule has 1 aliphatic carbocycles. The van der Waals surface area contributed by atoms with E-state index in [1.165, 1.54) is 0 Å². The molecule has 1 fully saturated rings. The topological polar surface area (TPSA) is 90.2 Å². The molecule has 2 aromatic carbocycles. The van der Waals surface area contributed by atoms with Crippen molar-refractivity contribution in [2.24, 2.45) is 5.92 Å². The molecule has 0 bridgehead atoms. The fraction of sp³-hybridized carbons (Fsp3) is 0.318. The fourth-order valence-electron chi connectivity index (χ4n) is 3.98. The van der Waals surface area contributed by atoms with Crippen LogP contribution in [0.5, 0.6) is 0 Å². The second-order valence-corrected chi connectivity index (χ2v) is 6.85. The van der Waals surface area contributed by atoms with Crippen LogP contribution in [-0.2, 0) is 4.79 Å². The summed E-state index contributed by atoms with van der Waals surface area (Å²) < 4.78 is 0. The van der Waals surface area contributed by atoms with Crippen molar-refractivity contribution in [3.8, 4) is 17.2 Å². The zero-order chi connectivity index (χ0) is 19.2.